The summed E-state index contributed by atoms with van der Waals surface area (Å²) in [6.45, 7) is 0.948. The zero-order chi connectivity index (χ0) is 17.8. The third kappa shape index (κ3) is 4.00. The van der Waals surface area contributed by atoms with E-state index in [-0.39, 0.29) is 0 Å². The normalized spacial score (nSPS) is 21.4. The molecule has 0 aromatic carbocycles. The molecule has 1 aliphatic heterocycles. The van der Waals surface area contributed by atoms with Crippen molar-refractivity contribution in [2.45, 2.75) is 70.3 Å². The lowest BCUT2D eigenvalue weighted by Crippen LogP contribution is -2.40. The van der Waals surface area contributed by atoms with Gasteiger partial charge in [-0.3, -0.25) is 4.79 Å². The van der Waals surface area contributed by atoms with Crippen molar-refractivity contribution in [1.82, 2.24) is 15.0 Å². The van der Waals surface area contributed by atoms with E-state index in [0.29, 0.717) is 36.5 Å². The van der Waals surface area contributed by atoms with Crippen LogP contribution in [-0.4, -0.2) is 33.5 Å². The lowest BCUT2D eigenvalue weighted by molar-refractivity contribution is -0.133. The van der Waals surface area contributed by atoms with E-state index in [1.165, 1.54) is 44.9 Å². The van der Waals surface area contributed by atoms with Gasteiger partial charge >= 0.3 is 0 Å². The first-order valence-electron chi connectivity index (χ1n) is 9.97. The van der Waals surface area contributed by atoms with Crippen molar-refractivity contribution in [1.29, 1.82) is 0 Å². The third-order valence-corrected chi connectivity index (χ3v) is 6.67. The number of nitrogens with zero attached hydrogens (tertiary/aromatic N) is 3. The maximum Gasteiger partial charge on any atom is 0.226 e. The van der Waals surface area contributed by atoms with Crippen LogP contribution in [0.3, 0.4) is 0 Å². The molecule has 140 valence electrons. The summed E-state index contributed by atoms with van der Waals surface area (Å²) in [6.07, 6.45) is 11.1. The van der Waals surface area contributed by atoms with Crippen LogP contribution in [-0.2, 0) is 11.2 Å². The predicted octanol–water partition coefficient (Wildman–Crippen LogP) is 4.69. The number of carbonyl (C=O) groups excluding carboxylic acids is 1. The Balaban J connectivity index is 1.27. The smallest absolute Gasteiger partial charge is 0.226 e. The van der Waals surface area contributed by atoms with Gasteiger partial charge in [0.15, 0.2) is 0 Å². The van der Waals surface area contributed by atoms with E-state index in [0.717, 1.165) is 23.8 Å². The molecule has 1 unspecified atom stereocenters. The highest BCUT2D eigenvalue weighted by Crippen LogP contribution is 2.34. The molecule has 0 radical (unpaired) electrons. The Labute approximate surface area is 158 Å². The van der Waals surface area contributed by atoms with Crippen LogP contribution in [0.15, 0.2) is 22.0 Å². The van der Waals surface area contributed by atoms with E-state index in [1.54, 1.807) is 11.3 Å². The third-order valence-electron chi connectivity index (χ3n) is 5.80. The molecule has 1 atom stereocenters. The number of likely N-dealkylation sites (tertiary alicyclic amines) is 1. The molecule has 4 rings (SSSR count). The zero-order valence-corrected chi connectivity index (χ0v) is 16.0. The van der Waals surface area contributed by atoms with Crippen molar-refractivity contribution in [3.05, 3.63) is 23.4 Å². The molecule has 1 saturated heterocycles. The minimum Gasteiger partial charge on any atom is -0.339 e. The van der Waals surface area contributed by atoms with E-state index >= 15 is 0 Å². The molecule has 2 aromatic rings. The Morgan fingerprint density at radius 2 is 2.12 bits per heavy atom. The number of aromatic nitrogens is 2. The SMILES string of the molecule is O=C(CCCc1nc(-c2cccs2)no1)N1CCCC1C1CCCCC1. The molecule has 1 saturated carbocycles. The van der Waals surface area contributed by atoms with Gasteiger partial charge in [0, 0.05) is 25.4 Å². The van der Waals surface area contributed by atoms with Crippen LogP contribution < -0.4 is 0 Å². The van der Waals surface area contributed by atoms with Gasteiger partial charge in [0.1, 0.15) is 0 Å². The van der Waals surface area contributed by atoms with Crippen LogP contribution in [0.2, 0.25) is 0 Å². The Kier molecular flexibility index (Phi) is 5.68. The number of hydrogen-bond acceptors (Lipinski definition) is 5. The molecule has 3 heterocycles. The van der Waals surface area contributed by atoms with Crippen LogP contribution in [0, 0.1) is 5.92 Å². The first-order chi connectivity index (χ1) is 12.8. The molecule has 2 aliphatic rings. The maximum absolute atomic E-state index is 12.7. The average molecular weight is 374 g/mol. The van der Waals surface area contributed by atoms with Crippen LogP contribution >= 0.6 is 11.3 Å². The first-order valence-corrected chi connectivity index (χ1v) is 10.8. The minimum atomic E-state index is 0.316. The summed E-state index contributed by atoms with van der Waals surface area (Å²) in [4.78, 5) is 20.4. The summed E-state index contributed by atoms with van der Waals surface area (Å²) >= 11 is 1.60. The average Bonchev–Trinajstić information content (AvgIpc) is 3.42. The summed E-state index contributed by atoms with van der Waals surface area (Å²) in [5.74, 6) is 2.33. The summed E-state index contributed by atoms with van der Waals surface area (Å²) in [6, 6.07) is 4.46. The monoisotopic (exact) mass is 373 g/mol. The van der Waals surface area contributed by atoms with Gasteiger partial charge in [-0.05, 0) is 49.5 Å². The number of aryl methyl sites for hydroxylation is 1. The quantitative estimate of drug-likeness (QED) is 0.737. The fraction of sp³-hybridized carbons (Fsp3) is 0.650. The van der Waals surface area contributed by atoms with E-state index in [1.807, 2.05) is 17.5 Å². The van der Waals surface area contributed by atoms with Crippen LogP contribution in [0.1, 0.15) is 63.7 Å². The number of rotatable bonds is 6. The Bertz CT molecular complexity index is 706. The van der Waals surface area contributed by atoms with E-state index in [9.17, 15) is 4.79 Å². The first kappa shape index (κ1) is 17.7. The van der Waals surface area contributed by atoms with Crippen LogP contribution in [0.4, 0.5) is 0 Å². The molecule has 1 aliphatic carbocycles. The van der Waals surface area contributed by atoms with Crippen molar-refractivity contribution < 1.29 is 9.32 Å². The van der Waals surface area contributed by atoms with Gasteiger partial charge in [-0.25, -0.2) is 0 Å². The van der Waals surface area contributed by atoms with Gasteiger partial charge in [-0.2, -0.15) is 4.98 Å². The van der Waals surface area contributed by atoms with Crippen molar-refractivity contribution >= 4 is 17.2 Å². The van der Waals surface area contributed by atoms with Gasteiger partial charge in [0.05, 0.1) is 4.88 Å². The Morgan fingerprint density at radius 1 is 1.23 bits per heavy atom. The van der Waals surface area contributed by atoms with E-state index in [2.05, 4.69) is 15.0 Å². The highest BCUT2D eigenvalue weighted by atomic mass is 32.1. The molecule has 0 spiro atoms. The summed E-state index contributed by atoms with van der Waals surface area (Å²) < 4.78 is 5.33. The van der Waals surface area contributed by atoms with E-state index in [4.69, 9.17) is 4.52 Å². The standard InChI is InChI=1S/C20H27N3O2S/c24-19(23-13-5-9-16(23)15-7-2-1-3-8-15)12-4-11-18-21-20(22-25-18)17-10-6-14-26-17/h6,10,14-16H,1-5,7-9,11-13H2. The number of carbonyl (C=O) groups is 1. The Morgan fingerprint density at radius 3 is 2.92 bits per heavy atom. The van der Waals surface area contributed by atoms with Crippen LogP contribution in [0.5, 0.6) is 0 Å². The van der Waals surface area contributed by atoms with Crippen molar-refractivity contribution in [3.8, 4) is 10.7 Å². The molecule has 26 heavy (non-hydrogen) atoms. The molecule has 1 amide bonds. The second kappa shape index (κ2) is 8.33. The van der Waals surface area contributed by atoms with E-state index < -0.39 is 0 Å². The fourth-order valence-electron chi connectivity index (χ4n) is 4.51. The molecule has 0 bridgehead atoms. The molecule has 2 fully saturated rings. The summed E-state index contributed by atoms with van der Waals surface area (Å²) in [7, 11) is 0. The number of hydrogen-bond donors (Lipinski definition) is 0. The van der Waals surface area contributed by atoms with Gasteiger partial charge in [0.25, 0.3) is 0 Å². The van der Waals surface area contributed by atoms with Crippen molar-refractivity contribution in [3.63, 3.8) is 0 Å². The van der Waals surface area contributed by atoms with Gasteiger partial charge in [0.2, 0.25) is 17.6 Å². The topological polar surface area (TPSA) is 59.2 Å². The number of thiophene rings is 1. The largest absolute Gasteiger partial charge is 0.339 e. The maximum atomic E-state index is 12.7. The summed E-state index contributed by atoms with van der Waals surface area (Å²) in [5.41, 5.74) is 0. The highest BCUT2D eigenvalue weighted by Gasteiger charge is 2.34. The zero-order valence-electron chi connectivity index (χ0n) is 15.2. The van der Waals surface area contributed by atoms with Gasteiger partial charge in [-0.1, -0.05) is 30.5 Å². The predicted molar refractivity (Wildman–Crippen MR) is 102 cm³/mol. The lowest BCUT2D eigenvalue weighted by atomic mass is 9.83. The molecule has 2 aromatic heterocycles. The minimum absolute atomic E-state index is 0.316. The van der Waals surface area contributed by atoms with Crippen molar-refractivity contribution in [2.75, 3.05) is 6.54 Å². The highest BCUT2D eigenvalue weighted by molar-refractivity contribution is 7.13. The van der Waals surface area contributed by atoms with Crippen LogP contribution in [0.25, 0.3) is 10.7 Å². The van der Waals surface area contributed by atoms with Gasteiger partial charge in [-0.15, -0.1) is 11.3 Å². The molecular formula is C20H27N3O2S. The summed E-state index contributed by atoms with van der Waals surface area (Å²) in [5, 5.41) is 6.04. The van der Waals surface area contributed by atoms with Gasteiger partial charge < -0.3 is 9.42 Å². The Hall–Kier alpha value is -1.69. The second-order valence-corrected chi connectivity index (χ2v) is 8.49. The number of amides is 1. The molecule has 6 heteroatoms. The molecule has 5 nitrogen and oxygen atoms in total. The lowest BCUT2D eigenvalue weighted by Gasteiger charge is -2.34. The molecule has 0 N–H and O–H groups in total. The van der Waals surface area contributed by atoms with Crippen molar-refractivity contribution in [2.24, 2.45) is 5.92 Å². The fourth-order valence-corrected chi connectivity index (χ4v) is 5.16. The second-order valence-electron chi connectivity index (χ2n) is 7.54. The molecular weight excluding hydrogens is 346 g/mol.